The van der Waals surface area contributed by atoms with E-state index in [4.69, 9.17) is 24.7 Å². The number of nitrogens with two attached hydrogens (primary N) is 1. The summed E-state index contributed by atoms with van der Waals surface area (Å²) in [4.78, 5) is 38.8. The Morgan fingerprint density at radius 2 is 1.43 bits per heavy atom. The molecule has 2 atom stereocenters. The Balaban J connectivity index is 1.58. The van der Waals surface area contributed by atoms with Gasteiger partial charge in [0, 0.05) is 6.54 Å². The summed E-state index contributed by atoms with van der Waals surface area (Å²) in [5.74, 6) is -0.899. The standard InChI is InChI=1S/C31H40N7O7P/c1-4-44-29(39)24(18-22-12-8-6-9-13-22)36-46(41,37-25(30(40)45-5-2)19-23-14-10-7-11-15-23)21-43-17-16-38-20-33-26-27(38)34-31(32)35-28(26)42-3/h6-15,20,24-25H,4-5,16-19,21H2,1-3H3,(H2,32,34,35)(H2,36,37,41)/t24-,25-/m0/s1. The van der Waals surface area contributed by atoms with Crippen LogP contribution >= 0.6 is 7.44 Å². The van der Waals surface area contributed by atoms with Crippen LogP contribution in [0, 0.1) is 0 Å². The molecule has 4 rings (SSSR count). The zero-order valence-electron chi connectivity index (χ0n) is 26.1. The zero-order chi connectivity index (χ0) is 32.9. The summed E-state index contributed by atoms with van der Waals surface area (Å²) in [6.07, 6.45) is 1.57. The summed E-state index contributed by atoms with van der Waals surface area (Å²) < 4.78 is 38.3. The molecule has 2 aromatic heterocycles. The fourth-order valence-corrected chi connectivity index (χ4v) is 6.77. The summed E-state index contributed by atoms with van der Waals surface area (Å²) in [6.45, 7) is 4.02. The molecule has 246 valence electrons. The van der Waals surface area contributed by atoms with Gasteiger partial charge in [0.1, 0.15) is 18.4 Å². The zero-order valence-corrected chi connectivity index (χ0v) is 27.0. The molecule has 4 aromatic rings. The first-order valence-corrected chi connectivity index (χ1v) is 16.8. The van der Waals surface area contributed by atoms with Crippen molar-refractivity contribution in [3.05, 3.63) is 78.1 Å². The van der Waals surface area contributed by atoms with Crippen LogP contribution in [0.4, 0.5) is 5.95 Å². The molecule has 0 aliphatic carbocycles. The first kappa shape index (κ1) is 34.5. The number of hydrogen-bond acceptors (Lipinski definition) is 11. The Hall–Kier alpha value is -4.36. The number of nitrogen functional groups attached to an aromatic ring is 1. The highest BCUT2D eigenvalue weighted by atomic mass is 31.2. The molecule has 4 N–H and O–H groups in total. The quantitative estimate of drug-likeness (QED) is 0.0810. The molecule has 15 heteroatoms. The van der Waals surface area contributed by atoms with Crippen LogP contribution in [0.5, 0.6) is 5.88 Å². The summed E-state index contributed by atoms with van der Waals surface area (Å²) >= 11 is 0. The van der Waals surface area contributed by atoms with Gasteiger partial charge in [0.2, 0.25) is 19.3 Å². The van der Waals surface area contributed by atoms with Crippen molar-refractivity contribution in [1.82, 2.24) is 29.7 Å². The first-order valence-electron chi connectivity index (χ1n) is 14.9. The lowest BCUT2D eigenvalue weighted by atomic mass is 10.1. The molecular weight excluding hydrogens is 613 g/mol. The van der Waals surface area contributed by atoms with Crippen molar-refractivity contribution in [2.75, 3.05) is 39.0 Å². The smallest absolute Gasteiger partial charge is 0.323 e. The topological polar surface area (TPSA) is 182 Å². The van der Waals surface area contributed by atoms with Crippen LogP contribution in [0.1, 0.15) is 25.0 Å². The molecule has 14 nitrogen and oxygen atoms in total. The van der Waals surface area contributed by atoms with Gasteiger partial charge in [-0.2, -0.15) is 9.97 Å². The Morgan fingerprint density at radius 1 is 0.891 bits per heavy atom. The second kappa shape index (κ2) is 16.8. The second-order valence-electron chi connectivity index (χ2n) is 10.2. The van der Waals surface area contributed by atoms with Crippen LogP contribution in [0.25, 0.3) is 11.2 Å². The van der Waals surface area contributed by atoms with Crippen LogP contribution in [-0.4, -0.2) is 76.8 Å². The Bertz CT molecular complexity index is 1550. The van der Waals surface area contributed by atoms with Gasteiger partial charge in [0.05, 0.1) is 33.3 Å². The predicted octanol–water partition coefficient (Wildman–Crippen LogP) is 3.11. The molecule has 0 saturated heterocycles. The van der Waals surface area contributed by atoms with Crippen LogP contribution in [0.15, 0.2) is 67.0 Å². The average molecular weight is 654 g/mol. The molecule has 0 amide bonds. The largest absolute Gasteiger partial charge is 0.479 e. The van der Waals surface area contributed by atoms with Crippen molar-refractivity contribution >= 4 is 36.5 Å². The molecule has 46 heavy (non-hydrogen) atoms. The van der Waals surface area contributed by atoms with Gasteiger partial charge in [-0.05, 0) is 37.8 Å². The van der Waals surface area contributed by atoms with Crippen LogP contribution in [0.2, 0.25) is 0 Å². The van der Waals surface area contributed by atoms with E-state index in [0.717, 1.165) is 11.1 Å². The van der Waals surface area contributed by atoms with E-state index in [1.165, 1.54) is 7.11 Å². The highest BCUT2D eigenvalue weighted by molar-refractivity contribution is 7.59. The van der Waals surface area contributed by atoms with Gasteiger partial charge in [0.25, 0.3) is 0 Å². The summed E-state index contributed by atoms with van der Waals surface area (Å²) in [5, 5.41) is 5.97. The maximum absolute atomic E-state index is 14.7. The minimum Gasteiger partial charge on any atom is -0.479 e. The molecule has 0 radical (unpaired) electrons. The van der Waals surface area contributed by atoms with E-state index < -0.39 is 31.5 Å². The number of anilines is 1. The van der Waals surface area contributed by atoms with Crippen molar-refractivity contribution in [2.45, 2.75) is 45.3 Å². The van der Waals surface area contributed by atoms with Crippen LogP contribution in [0.3, 0.4) is 0 Å². The second-order valence-corrected chi connectivity index (χ2v) is 12.5. The highest BCUT2D eigenvalue weighted by Gasteiger charge is 2.35. The lowest BCUT2D eigenvalue weighted by molar-refractivity contribution is -0.145. The molecule has 0 aliphatic heterocycles. The van der Waals surface area contributed by atoms with Crippen LogP contribution in [-0.2, 0) is 47.8 Å². The van der Waals surface area contributed by atoms with Crippen molar-refractivity contribution < 1.29 is 33.1 Å². The van der Waals surface area contributed by atoms with Gasteiger partial charge in [-0.3, -0.25) is 14.2 Å². The number of ether oxygens (including phenoxy) is 4. The van der Waals surface area contributed by atoms with E-state index in [1.807, 2.05) is 60.7 Å². The number of nitrogens with one attached hydrogen (secondary N) is 2. The minimum absolute atomic E-state index is 0.0248. The monoisotopic (exact) mass is 653 g/mol. The van der Waals surface area contributed by atoms with E-state index in [-0.39, 0.29) is 57.4 Å². The van der Waals surface area contributed by atoms with Crippen molar-refractivity contribution in [3.63, 3.8) is 0 Å². The van der Waals surface area contributed by atoms with Gasteiger partial charge in [-0.25, -0.2) is 15.2 Å². The minimum atomic E-state index is -3.85. The van der Waals surface area contributed by atoms with Gasteiger partial charge in [-0.1, -0.05) is 60.7 Å². The normalized spacial score (nSPS) is 12.8. The van der Waals surface area contributed by atoms with Gasteiger partial charge >= 0.3 is 11.9 Å². The Morgan fingerprint density at radius 3 is 1.93 bits per heavy atom. The number of esters is 2. The molecule has 0 saturated carbocycles. The number of aromatic nitrogens is 4. The molecule has 0 spiro atoms. The number of hydrogen-bond donors (Lipinski definition) is 3. The number of nitrogens with zero attached hydrogens (tertiary/aromatic N) is 4. The van der Waals surface area contributed by atoms with E-state index in [9.17, 15) is 14.2 Å². The molecule has 0 bridgehead atoms. The third-order valence-electron chi connectivity index (χ3n) is 6.83. The highest BCUT2D eigenvalue weighted by Crippen LogP contribution is 2.39. The summed E-state index contributed by atoms with van der Waals surface area (Å²) in [5.41, 5.74) is 8.37. The number of methoxy groups -OCH3 is 1. The molecule has 0 unspecified atom stereocenters. The van der Waals surface area contributed by atoms with E-state index in [0.29, 0.717) is 11.2 Å². The van der Waals surface area contributed by atoms with Crippen molar-refractivity contribution in [1.29, 1.82) is 0 Å². The SMILES string of the molecule is CCOC(=O)[C@H](Cc1ccccc1)NP(=O)(COCCn1cnc2c(OC)nc(N)nc21)N[C@@H](Cc1ccccc1)C(=O)OCC. The number of rotatable bonds is 18. The Kier molecular flexibility index (Phi) is 12.6. The molecule has 2 aromatic carbocycles. The van der Waals surface area contributed by atoms with Gasteiger partial charge < -0.3 is 29.2 Å². The molecule has 0 aliphatic rings. The van der Waals surface area contributed by atoms with Gasteiger partial charge in [-0.15, -0.1) is 0 Å². The fourth-order valence-electron chi connectivity index (χ4n) is 4.76. The predicted molar refractivity (Wildman–Crippen MR) is 172 cm³/mol. The number of fused-ring (bicyclic) bond motifs is 1. The van der Waals surface area contributed by atoms with E-state index in [1.54, 1.807) is 24.7 Å². The lowest BCUT2D eigenvalue weighted by Gasteiger charge is -2.29. The first-order chi connectivity index (χ1) is 22.2. The van der Waals surface area contributed by atoms with E-state index >= 15 is 0 Å². The van der Waals surface area contributed by atoms with Crippen molar-refractivity contribution in [2.24, 2.45) is 0 Å². The van der Waals surface area contributed by atoms with Crippen LogP contribution < -0.4 is 20.6 Å². The molecular formula is C31H40N7O7P. The lowest BCUT2D eigenvalue weighted by Crippen LogP contribution is -2.46. The third-order valence-corrected chi connectivity index (χ3v) is 8.83. The molecule has 2 heterocycles. The summed E-state index contributed by atoms with van der Waals surface area (Å²) in [6, 6.07) is 16.6. The van der Waals surface area contributed by atoms with E-state index in [2.05, 4.69) is 25.1 Å². The van der Waals surface area contributed by atoms with Gasteiger partial charge in [0.15, 0.2) is 11.2 Å². The number of carbonyl (C=O) groups excluding carboxylic acids is 2. The molecule has 0 fully saturated rings. The maximum atomic E-state index is 14.7. The summed E-state index contributed by atoms with van der Waals surface area (Å²) in [7, 11) is -2.39. The fraction of sp³-hybridized carbons (Fsp3) is 0.387. The van der Waals surface area contributed by atoms with Crippen molar-refractivity contribution in [3.8, 4) is 5.88 Å². The Labute approximate surface area is 267 Å². The number of carbonyl (C=O) groups is 2. The third kappa shape index (κ3) is 9.57. The number of benzene rings is 2. The maximum Gasteiger partial charge on any atom is 0.323 e. The number of imidazole rings is 1. The average Bonchev–Trinajstić information content (AvgIpc) is 3.46.